The van der Waals surface area contributed by atoms with Gasteiger partial charge in [-0.1, -0.05) is 54.6 Å². The Balaban J connectivity index is 1.77. The Kier molecular flexibility index (Phi) is 6.78. The van der Waals surface area contributed by atoms with Crippen molar-refractivity contribution in [2.24, 2.45) is 0 Å². The van der Waals surface area contributed by atoms with E-state index >= 15 is 0 Å². The van der Waals surface area contributed by atoms with Gasteiger partial charge in [-0.15, -0.1) is 0 Å². The van der Waals surface area contributed by atoms with Gasteiger partial charge in [-0.3, -0.25) is 9.59 Å². The van der Waals surface area contributed by atoms with Gasteiger partial charge in [0.25, 0.3) is 0 Å². The van der Waals surface area contributed by atoms with Gasteiger partial charge in [-0.2, -0.15) is 0 Å². The fraction of sp³-hybridized carbons (Fsp3) is 0.107. The lowest BCUT2D eigenvalue weighted by atomic mass is 10.1. The number of ketones is 1. The van der Waals surface area contributed by atoms with E-state index in [2.05, 4.69) is 0 Å². The normalized spacial score (nSPS) is 11.1. The largest absolute Gasteiger partial charge is 0.462 e. The van der Waals surface area contributed by atoms with Crippen LogP contribution in [-0.4, -0.2) is 22.9 Å². The number of carbonyl (C=O) groups excluding carboxylic acids is 2. The quantitative estimate of drug-likeness (QED) is 0.217. The number of hydrogen-bond donors (Lipinski definition) is 0. The molecular formula is C28H22FNO4. The summed E-state index contributed by atoms with van der Waals surface area (Å²) in [6, 6.07) is 20.1. The van der Waals surface area contributed by atoms with Crippen molar-refractivity contribution in [3.63, 3.8) is 0 Å². The molecule has 5 nitrogen and oxygen atoms in total. The third kappa shape index (κ3) is 5.02. The van der Waals surface area contributed by atoms with Crippen LogP contribution >= 0.6 is 0 Å². The van der Waals surface area contributed by atoms with E-state index in [1.165, 1.54) is 24.4 Å². The molecule has 1 aromatic heterocycles. The number of benzene rings is 3. The SMILES string of the molecule is CCOC(=O)c1cn(Cc2ccc(F)cc2)c2ccc(/C=C/C(=O)c3ccccc3)cc2c1=O. The molecule has 0 amide bonds. The Bertz CT molecular complexity index is 1440. The molecule has 0 saturated heterocycles. The minimum atomic E-state index is -0.706. The highest BCUT2D eigenvalue weighted by Crippen LogP contribution is 2.18. The first kappa shape index (κ1) is 22.9. The average molecular weight is 455 g/mol. The first-order valence-corrected chi connectivity index (χ1v) is 10.8. The summed E-state index contributed by atoms with van der Waals surface area (Å²) in [6.07, 6.45) is 4.55. The number of ether oxygens (including phenoxy) is 1. The summed E-state index contributed by atoms with van der Waals surface area (Å²) in [5.41, 5.74) is 2.08. The highest BCUT2D eigenvalue weighted by Gasteiger charge is 2.17. The molecule has 3 aromatic carbocycles. The zero-order valence-corrected chi connectivity index (χ0v) is 18.5. The number of rotatable bonds is 7. The molecule has 0 aliphatic rings. The summed E-state index contributed by atoms with van der Waals surface area (Å²) in [6.45, 7) is 2.13. The Morgan fingerprint density at radius 1 is 1.00 bits per heavy atom. The molecule has 0 bridgehead atoms. The summed E-state index contributed by atoms with van der Waals surface area (Å²) in [4.78, 5) is 38.0. The van der Waals surface area contributed by atoms with Crippen molar-refractivity contribution in [1.29, 1.82) is 0 Å². The fourth-order valence-corrected chi connectivity index (χ4v) is 3.66. The van der Waals surface area contributed by atoms with Gasteiger partial charge in [0, 0.05) is 23.7 Å². The summed E-state index contributed by atoms with van der Waals surface area (Å²) >= 11 is 0. The average Bonchev–Trinajstić information content (AvgIpc) is 2.86. The van der Waals surface area contributed by atoms with E-state index in [0.29, 0.717) is 28.6 Å². The Morgan fingerprint density at radius 3 is 2.44 bits per heavy atom. The molecule has 0 unspecified atom stereocenters. The van der Waals surface area contributed by atoms with E-state index in [1.807, 2.05) is 6.07 Å². The van der Waals surface area contributed by atoms with E-state index in [9.17, 15) is 18.8 Å². The maximum atomic E-state index is 13.3. The Labute approximate surface area is 195 Å². The number of carbonyl (C=O) groups is 2. The summed E-state index contributed by atoms with van der Waals surface area (Å²) in [5, 5.41) is 0.321. The molecular weight excluding hydrogens is 433 g/mol. The molecule has 0 atom stereocenters. The van der Waals surface area contributed by atoms with Crippen molar-refractivity contribution in [2.45, 2.75) is 13.5 Å². The van der Waals surface area contributed by atoms with Crippen LogP contribution in [-0.2, 0) is 11.3 Å². The lowest BCUT2D eigenvalue weighted by Crippen LogP contribution is -2.21. The van der Waals surface area contributed by atoms with E-state index in [-0.39, 0.29) is 23.8 Å². The monoisotopic (exact) mass is 455 g/mol. The van der Waals surface area contributed by atoms with Gasteiger partial charge in [0.15, 0.2) is 5.78 Å². The fourth-order valence-electron chi connectivity index (χ4n) is 3.66. The Hall–Kier alpha value is -4.32. The van der Waals surface area contributed by atoms with Crippen LogP contribution in [0.25, 0.3) is 17.0 Å². The van der Waals surface area contributed by atoms with E-state index in [1.54, 1.807) is 72.2 Å². The second-order valence-corrected chi connectivity index (χ2v) is 7.69. The maximum absolute atomic E-state index is 13.3. The molecule has 0 aliphatic heterocycles. The lowest BCUT2D eigenvalue weighted by Gasteiger charge is -2.14. The minimum Gasteiger partial charge on any atom is -0.462 e. The van der Waals surface area contributed by atoms with Crippen LogP contribution in [0, 0.1) is 5.82 Å². The molecule has 0 radical (unpaired) electrons. The molecule has 0 N–H and O–H groups in total. The number of halogens is 1. The van der Waals surface area contributed by atoms with Crippen LogP contribution in [0.5, 0.6) is 0 Å². The summed E-state index contributed by atoms with van der Waals surface area (Å²) in [7, 11) is 0. The van der Waals surface area contributed by atoms with Crippen LogP contribution in [0.4, 0.5) is 4.39 Å². The van der Waals surface area contributed by atoms with Crippen LogP contribution < -0.4 is 5.43 Å². The second kappa shape index (κ2) is 10.1. The topological polar surface area (TPSA) is 65.4 Å². The highest BCUT2D eigenvalue weighted by atomic mass is 19.1. The van der Waals surface area contributed by atoms with Crippen LogP contribution in [0.3, 0.4) is 0 Å². The number of allylic oxidation sites excluding steroid dienone is 1. The molecule has 4 aromatic rings. The molecule has 1 heterocycles. The van der Waals surface area contributed by atoms with Crippen molar-refractivity contribution >= 4 is 28.7 Å². The second-order valence-electron chi connectivity index (χ2n) is 7.69. The van der Waals surface area contributed by atoms with Crippen molar-refractivity contribution in [3.05, 3.63) is 123 Å². The highest BCUT2D eigenvalue weighted by molar-refractivity contribution is 6.07. The van der Waals surface area contributed by atoms with Crippen molar-refractivity contribution in [2.75, 3.05) is 6.61 Å². The van der Waals surface area contributed by atoms with Crippen molar-refractivity contribution < 1.29 is 18.7 Å². The van der Waals surface area contributed by atoms with Gasteiger partial charge in [-0.25, -0.2) is 9.18 Å². The molecule has 0 fully saturated rings. The van der Waals surface area contributed by atoms with Crippen LogP contribution in [0.15, 0.2) is 89.9 Å². The van der Waals surface area contributed by atoms with Gasteiger partial charge >= 0.3 is 5.97 Å². The van der Waals surface area contributed by atoms with Gasteiger partial charge < -0.3 is 9.30 Å². The minimum absolute atomic E-state index is 0.0852. The number of aromatic nitrogens is 1. The van der Waals surface area contributed by atoms with Crippen molar-refractivity contribution in [1.82, 2.24) is 4.57 Å². The third-order valence-corrected chi connectivity index (χ3v) is 5.35. The first-order chi connectivity index (χ1) is 16.5. The summed E-state index contributed by atoms with van der Waals surface area (Å²) < 4.78 is 20.2. The molecule has 0 aliphatic carbocycles. The van der Waals surface area contributed by atoms with E-state index in [4.69, 9.17) is 4.74 Å². The van der Waals surface area contributed by atoms with E-state index < -0.39 is 11.4 Å². The van der Waals surface area contributed by atoms with E-state index in [0.717, 1.165) is 5.56 Å². The molecule has 4 rings (SSSR count). The predicted octanol–water partition coefficient (Wildman–Crippen LogP) is 5.26. The van der Waals surface area contributed by atoms with Gasteiger partial charge in [0.2, 0.25) is 5.43 Å². The van der Waals surface area contributed by atoms with Gasteiger partial charge in [-0.05, 0) is 48.4 Å². The molecule has 0 saturated carbocycles. The Morgan fingerprint density at radius 2 is 1.74 bits per heavy atom. The molecule has 34 heavy (non-hydrogen) atoms. The number of nitrogens with zero attached hydrogens (tertiary/aromatic N) is 1. The molecule has 6 heteroatoms. The predicted molar refractivity (Wildman–Crippen MR) is 129 cm³/mol. The number of fused-ring (bicyclic) bond motifs is 1. The van der Waals surface area contributed by atoms with Crippen LogP contribution in [0.1, 0.15) is 38.8 Å². The van der Waals surface area contributed by atoms with Crippen molar-refractivity contribution in [3.8, 4) is 0 Å². The van der Waals surface area contributed by atoms with Gasteiger partial charge in [0.1, 0.15) is 11.4 Å². The first-order valence-electron chi connectivity index (χ1n) is 10.8. The summed E-state index contributed by atoms with van der Waals surface area (Å²) in [5.74, 6) is -1.21. The third-order valence-electron chi connectivity index (χ3n) is 5.35. The van der Waals surface area contributed by atoms with Gasteiger partial charge in [0.05, 0.1) is 12.1 Å². The van der Waals surface area contributed by atoms with Crippen LogP contribution in [0.2, 0.25) is 0 Å². The molecule has 0 spiro atoms. The zero-order chi connectivity index (χ0) is 24.1. The standard InChI is InChI=1S/C28H22FNO4/c1-2-34-28(33)24-18-30(17-20-8-12-22(29)13-9-20)25-14-10-19(16-23(25)27(24)32)11-15-26(31)21-6-4-3-5-7-21/h3-16,18H,2,17H2,1H3/b15-11+. The number of esters is 1. The number of pyridine rings is 1. The lowest BCUT2D eigenvalue weighted by molar-refractivity contribution is 0.0524. The maximum Gasteiger partial charge on any atom is 0.343 e. The number of hydrogen-bond acceptors (Lipinski definition) is 4. The molecule has 170 valence electrons. The smallest absolute Gasteiger partial charge is 0.343 e. The zero-order valence-electron chi connectivity index (χ0n) is 18.5.